The van der Waals surface area contributed by atoms with Gasteiger partial charge in [0.1, 0.15) is 0 Å². The normalized spacial score (nSPS) is 9.21. The quantitative estimate of drug-likeness (QED) is 0.446. The third-order valence-electron chi connectivity index (χ3n) is 1.74. The van der Waals surface area contributed by atoms with Gasteiger partial charge in [-0.3, -0.25) is 4.79 Å². The first-order chi connectivity index (χ1) is 6.69. The van der Waals surface area contributed by atoms with Crippen LogP contribution in [-0.2, 0) is 0 Å². The molecular weight excluding hydrogens is 182 g/mol. The molecule has 14 heavy (non-hydrogen) atoms. The molecule has 0 saturated heterocycles. The number of nitrogens with one attached hydrogen (secondary N) is 1. The number of rotatable bonds is 3. The van der Waals surface area contributed by atoms with E-state index in [-0.39, 0.29) is 0 Å². The van der Waals surface area contributed by atoms with Crippen LogP contribution in [0, 0.1) is 10.3 Å². The van der Waals surface area contributed by atoms with Crippen molar-refractivity contribution < 1.29 is 4.79 Å². The fraction of sp³-hybridized carbons (Fsp3) is 0.111. The van der Waals surface area contributed by atoms with Crippen LogP contribution in [0.4, 0.5) is 0 Å². The summed E-state index contributed by atoms with van der Waals surface area (Å²) in [6.45, 7) is 0. The molecule has 5 heteroatoms. The van der Waals surface area contributed by atoms with Gasteiger partial charge in [0.15, 0.2) is 0 Å². The van der Waals surface area contributed by atoms with Crippen molar-refractivity contribution in [1.82, 2.24) is 5.01 Å². The highest BCUT2D eigenvalue weighted by atomic mass is 16.3. The van der Waals surface area contributed by atoms with Gasteiger partial charge < -0.3 is 5.41 Å². The van der Waals surface area contributed by atoms with Crippen LogP contribution in [-0.4, -0.2) is 24.2 Å². The molecule has 5 nitrogen and oxygen atoms in total. The Morgan fingerprint density at radius 2 is 2.00 bits per heavy atom. The summed E-state index contributed by atoms with van der Waals surface area (Å²) in [5.41, 5.74) is 1.07. The Hall–Kier alpha value is -2.04. The lowest BCUT2D eigenvalue weighted by atomic mass is 10.1. The van der Waals surface area contributed by atoms with Gasteiger partial charge in [-0.1, -0.05) is 12.1 Å². The minimum Gasteiger partial charge on any atom is -0.308 e. The summed E-state index contributed by atoms with van der Waals surface area (Å²) in [5.74, 6) is -0.462. The standard InChI is InChI=1S/C9H9N3O2/c1-12(11-14)9(13)8-4-2-7(6-10)3-5-8/h2-6,10H,1H3. The van der Waals surface area contributed by atoms with E-state index in [4.69, 9.17) is 5.41 Å². The molecule has 0 aliphatic carbocycles. The zero-order valence-electron chi connectivity index (χ0n) is 7.60. The monoisotopic (exact) mass is 191 g/mol. The Morgan fingerprint density at radius 3 is 2.43 bits per heavy atom. The molecule has 0 fully saturated rings. The number of amides is 1. The Balaban J connectivity index is 2.91. The van der Waals surface area contributed by atoms with Gasteiger partial charge in [-0.05, 0) is 17.7 Å². The molecule has 0 heterocycles. The molecule has 1 aromatic carbocycles. The van der Waals surface area contributed by atoms with Crippen LogP contribution < -0.4 is 0 Å². The highest BCUT2D eigenvalue weighted by Crippen LogP contribution is 2.05. The third kappa shape index (κ3) is 2.01. The van der Waals surface area contributed by atoms with E-state index in [1.807, 2.05) is 0 Å². The molecule has 0 spiro atoms. The van der Waals surface area contributed by atoms with Crippen LogP contribution >= 0.6 is 0 Å². The Bertz CT molecular complexity index is 359. The van der Waals surface area contributed by atoms with Gasteiger partial charge in [-0.15, -0.1) is 4.91 Å². The topological polar surface area (TPSA) is 73.6 Å². The van der Waals surface area contributed by atoms with Gasteiger partial charge in [0.25, 0.3) is 5.91 Å². The van der Waals surface area contributed by atoms with Crippen LogP contribution in [0.25, 0.3) is 0 Å². The van der Waals surface area contributed by atoms with Crippen molar-refractivity contribution in [3.63, 3.8) is 0 Å². The van der Waals surface area contributed by atoms with Crippen molar-refractivity contribution in [1.29, 1.82) is 5.41 Å². The summed E-state index contributed by atoms with van der Waals surface area (Å²) in [7, 11) is 1.29. The molecule has 1 amide bonds. The van der Waals surface area contributed by atoms with Crippen LogP contribution in [0.5, 0.6) is 0 Å². The molecule has 1 aromatic rings. The number of nitrogens with zero attached hydrogens (tertiary/aromatic N) is 2. The number of carbonyl (C=O) groups is 1. The first-order valence-electron chi connectivity index (χ1n) is 3.91. The fourth-order valence-corrected chi connectivity index (χ4v) is 0.946. The average Bonchev–Trinajstić information content (AvgIpc) is 2.27. The number of nitroso groups, excluding NO2 is 1. The van der Waals surface area contributed by atoms with Crippen molar-refractivity contribution in [3.05, 3.63) is 40.3 Å². The van der Waals surface area contributed by atoms with E-state index in [0.717, 1.165) is 5.01 Å². The predicted molar refractivity (Wildman–Crippen MR) is 52.2 cm³/mol. The first-order valence-corrected chi connectivity index (χ1v) is 3.91. The molecule has 0 atom stereocenters. The van der Waals surface area contributed by atoms with Gasteiger partial charge in [-0.2, -0.15) is 5.01 Å². The van der Waals surface area contributed by atoms with Crippen molar-refractivity contribution in [3.8, 4) is 0 Å². The summed E-state index contributed by atoms with van der Waals surface area (Å²) in [6.07, 6.45) is 1.18. The summed E-state index contributed by atoms with van der Waals surface area (Å²) in [5, 5.41) is 10.2. The molecule has 1 N–H and O–H groups in total. The summed E-state index contributed by atoms with van der Waals surface area (Å²) < 4.78 is 0. The van der Waals surface area contributed by atoms with E-state index < -0.39 is 5.91 Å². The fourth-order valence-electron chi connectivity index (χ4n) is 0.946. The maximum atomic E-state index is 11.4. The van der Waals surface area contributed by atoms with Gasteiger partial charge in [0.05, 0.1) is 5.29 Å². The van der Waals surface area contributed by atoms with Gasteiger partial charge in [0, 0.05) is 18.8 Å². The third-order valence-corrected chi connectivity index (χ3v) is 1.74. The molecule has 0 radical (unpaired) electrons. The Labute approximate surface area is 80.8 Å². The van der Waals surface area contributed by atoms with Crippen molar-refractivity contribution in [2.24, 2.45) is 5.29 Å². The molecule has 0 bridgehead atoms. The van der Waals surface area contributed by atoms with E-state index in [2.05, 4.69) is 5.29 Å². The summed E-state index contributed by atoms with van der Waals surface area (Å²) >= 11 is 0. The van der Waals surface area contributed by atoms with Crippen LogP contribution in [0.3, 0.4) is 0 Å². The summed E-state index contributed by atoms with van der Waals surface area (Å²) in [4.78, 5) is 21.4. The summed E-state index contributed by atoms with van der Waals surface area (Å²) in [6, 6.07) is 6.34. The maximum absolute atomic E-state index is 11.4. The van der Waals surface area contributed by atoms with Crippen molar-refractivity contribution >= 4 is 12.1 Å². The lowest BCUT2D eigenvalue weighted by molar-refractivity contribution is 0.0797. The number of benzene rings is 1. The second-order valence-electron chi connectivity index (χ2n) is 2.68. The SMILES string of the molecule is CN(N=O)C(=O)c1ccc(C=N)cc1. The van der Waals surface area contributed by atoms with E-state index in [1.165, 1.54) is 13.3 Å². The molecule has 0 saturated carbocycles. The predicted octanol–water partition coefficient (Wildman–Crippen LogP) is 1.44. The molecule has 0 unspecified atom stereocenters. The highest BCUT2D eigenvalue weighted by molar-refractivity contribution is 5.94. The van der Waals surface area contributed by atoms with E-state index >= 15 is 0 Å². The zero-order valence-corrected chi connectivity index (χ0v) is 7.60. The largest absolute Gasteiger partial charge is 0.308 e. The molecule has 72 valence electrons. The zero-order chi connectivity index (χ0) is 10.6. The number of hydrogen-bond donors (Lipinski definition) is 1. The minimum absolute atomic E-state index is 0.373. The lowest BCUT2D eigenvalue weighted by Crippen LogP contribution is -2.20. The molecule has 0 aliphatic heterocycles. The van der Waals surface area contributed by atoms with E-state index in [0.29, 0.717) is 11.1 Å². The number of carbonyl (C=O) groups excluding carboxylic acids is 1. The van der Waals surface area contributed by atoms with Crippen LogP contribution in [0.15, 0.2) is 29.6 Å². The van der Waals surface area contributed by atoms with Gasteiger partial charge >= 0.3 is 0 Å². The molecule has 0 aliphatic rings. The molecule has 1 rings (SSSR count). The minimum atomic E-state index is -0.462. The second kappa shape index (κ2) is 4.27. The maximum Gasteiger partial charge on any atom is 0.276 e. The van der Waals surface area contributed by atoms with E-state index in [9.17, 15) is 9.70 Å². The van der Waals surface area contributed by atoms with Crippen LogP contribution in [0.1, 0.15) is 15.9 Å². The molecule has 0 aromatic heterocycles. The average molecular weight is 191 g/mol. The second-order valence-corrected chi connectivity index (χ2v) is 2.68. The first kappa shape index (κ1) is 10.0. The number of hydrogen-bond acceptors (Lipinski definition) is 4. The molecular formula is C9H9N3O2. The Kier molecular flexibility index (Phi) is 3.06. The Morgan fingerprint density at radius 1 is 1.43 bits per heavy atom. The van der Waals surface area contributed by atoms with Crippen molar-refractivity contribution in [2.75, 3.05) is 7.05 Å². The van der Waals surface area contributed by atoms with Crippen LogP contribution in [0.2, 0.25) is 0 Å². The van der Waals surface area contributed by atoms with Gasteiger partial charge in [0.2, 0.25) is 0 Å². The van der Waals surface area contributed by atoms with Crippen molar-refractivity contribution in [2.45, 2.75) is 0 Å². The highest BCUT2D eigenvalue weighted by Gasteiger charge is 2.10. The van der Waals surface area contributed by atoms with Gasteiger partial charge in [-0.25, -0.2) is 0 Å². The lowest BCUT2D eigenvalue weighted by Gasteiger charge is -2.06. The van der Waals surface area contributed by atoms with E-state index in [1.54, 1.807) is 24.3 Å². The smallest absolute Gasteiger partial charge is 0.276 e.